The van der Waals surface area contributed by atoms with E-state index in [1.165, 1.54) is 5.56 Å². The number of hydrogen-bond donors (Lipinski definition) is 0. The maximum absolute atomic E-state index is 6.13. The summed E-state index contributed by atoms with van der Waals surface area (Å²) >= 11 is 0. The Morgan fingerprint density at radius 3 is 2.52 bits per heavy atom. The lowest BCUT2D eigenvalue weighted by Crippen LogP contribution is -2.29. The van der Waals surface area contributed by atoms with Crippen LogP contribution in [0.5, 0.6) is 5.75 Å². The molecule has 21 heavy (non-hydrogen) atoms. The number of aromatic nitrogens is 2. The molecule has 1 aromatic heterocycles. The zero-order valence-electron chi connectivity index (χ0n) is 13.6. The minimum absolute atomic E-state index is 0.853. The zero-order valence-corrected chi connectivity index (χ0v) is 14.6. The van der Waals surface area contributed by atoms with Gasteiger partial charge in [0.1, 0.15) is 17.3 Å². The van der Waals surface area contributed by atoms with E-state index in [4.69, 9.17) is 4.43 Å². The van der Waals surface area contributed by atoms with Gasteiger partial charge in [0.05, 0.1) is 11.9 Å². The normalized spacial score (nSPS) is 12.1. The molecule has 0 aliphatic carbocycles. The molecule has 112 valence electrons. The predicted molar refractivity (Wildman–Crippen MR) is 90.4 cm³/mol. The Kier molecular flexibility index (Phi) is 4.32. The Hall–Kier alpha value is -1.88. The first-order chi connectivity index (χ1) is 9.74. The van der Waals surface area contributed by atoms with Crippen molar-refractivity contribution in [2.45, 2.75) is 33.5 Å². The third-order valence-corrected chi connectivity index (χ3v) is 3.83. The van der Waals surface area contributed by atoms with Gasteiger partial charge in [-0.25, -0.2) is 4.98 Å². The summed E-state index contributed by atoms with van der Waals surface area (Å²) in [6.45, 7) is 10.6. The Balaban J connectivity index is 2.30. The van der Waals surface area contributed by atoms with Crippen LogP contribution >= 0.6 is 0 Å². The fourth-order valence-corrected chi connectivity index (χ4v) is 2.75. The second-order valence-electron chi connectivity index (χ2n) is 6.27. The third kappa shape index (κ3) is 4.29. The summed E-state index contributed by atoms with van der Waals surface area (Å²) in [6, 6.07) is 6.10. The van der Waals surface area contributed by atoms with Crippen molar-refractivity contribution < 1.29 is 4.43 Å². The van der Waals surface area contributed by atoms with Crippen molar-refractivity contribution in [3.05, 3.63) is 41.5 Å². The Bertz CT molecular complexity index is 649. The molecule has 1 aromatic carbocycles. The second kappa shape index (κ2) is 5.85. The minimum atomic E-state index is -1.66. The molecule has 0 N–H and O–H groups in total. The predicted octanol–water partition coefficient (Wildman–Crippen LogP) is 4.00. The van der Waals surface area contributed by atoms with Crippen molar-refractivity contribution in [2.24, 2.45) is 12.0 Å². The zero-order chi connectivity index (χ0) is 15.6. The van der Waals surface area contributed by atoms with Crippen LogP contribution in [0.3, 0.4) is 0 Å². The van der Waals surface area contributed by atoms with E-state index in [1.54, 1.807) is 6.21 Å². The van der Waals surface area contributed by atoms with Gasteiger partial charge in [-0.15, -0.1) is 0 Å². The van der Waals surface area contributed by atoms with Gasteiger partial charge in [0, 0.05) is 13.2 Å². The summed E-state index contributed by atoms with van der Waals surface area (Å²) in [5.41, 5.74) is 2.89. The average molecular weight is 301 g/mol. The number of aliphatic imine (C=N–C) groups is 1. The van der Waals surface area contributed by atoms with Crippen LogP contribution < -0.4 is 4.43 Å². The van der Waals surface area contributed by atoms with Gasteiger partial charge >= 0.3 is 0 Å². The summed E-state index contributed by atoms with van der Waals surface area (Å²) in [5.74, 6) is 1.83. The molecule has 0 bridgehead atoms. The van der Waals surface area contributed by atoms with Crippen LogP contribution in [0.4, 0.5) is 5.69 Å². The van der Waals surface area contributed by atoms with Gasteiger partial charge in [-0.1, -0.05) is 6.07 Å². The van der Waals surface area contributed by atoms with Gasteiger partial charge in [0.2, 0.25) is 8.32 Å². The largest absolute Gasteiger partial charge is 0.543 e. The average Bonchev–Trinajstić information content (AvgIpc) is 2.66. The molecule has 0 atom stereocenters. The Morgan fingerprint density at radius 1 is 1.24 bits per heavy atom. The quantitative estimate of drug-likeness (QED) is 0.632. The number of aryl methyl sites for hydroxylation is 3. The van der Waals surface area contributed by atoms with Gasteiger partial charge in [0.15, 0.2) is 0 Å². The highest BCUT2D eigenvalue weighted by atomic mass is 28.4. The lowest BCUT2D eigenvalue weighted by molar-refractivity contribution is 0.558. The maximum atomic E-state index is 6.13. The lowest BCUT2D eigenvalue weighted by atomic mass is 10.2. The first kappa shape index (κ1) is 15.5. The molecular formula is C16H23N3OSi. The van der Waals surface area contributed by atoms with Gasteiger partial charge in [-0.2, -0.15) is 0 Å². The van der Waals surface area contributed by atoms with E-state index in [9.17, 15) is 0 Å². The topological polar surface area (TPSA) is 39.4 Å². The smallest absolute Gasteiger partial charge is 0.242 e. The van der Waals surface area contributed by atoms with E-state index in [0.717, 1.165) is 23.0 Å². The molecule has 2 aromatic rings. The number of hydrogen-bond acceptors (Lipinski definition) is 3. The monoisotopic (exact) mass is 301 g/mol. The minimum Gasteiger partial charge on any atom is -0.543 e. The summed E-state index contributed by atoms with van der Waals surface area (Å²) in [5, 5.41) is 0. The number of benzene rings is 1. The van der Waals surface area contributed by atoms with E-state index >= 15 is 0 Å². The van der Waals surface area contributed by atoms with Crippen molar-refractivity contribution in [3.63, 3.8) is 0 Å². The van der Waals surface area contributed by atoms with E-state index in [1.807, 2.05) is 36.9 Å². The van der Waals surface area contributed by atoms with Crippen LogP contribution in [0.2, 0.25) is 19.6 Å². The molecule has 5 heteroatoms. The molecule has 0 saturated heterocycles. The van der Waals surface area contributed by atoms with Crippen LogP contribution in [0, 0.1) is 13.8 Å². The summed E-state index contributed by atoms with van der Waals surface area (Å²) in [7, 11) is 0.318. The van der Waals surface area contributed by atoms with Crippen molar-refractivity contribution in [2.75, 3.05) is 0 Å². The molecule has 0 aliphatic rings. The molecule has 0 spiro atoms. The molecule has 0 aliphatic heterocycles. The number of imidazole rings is 1. The highest BCUT2D eigenvalue weighted by Crippen LogP contribution is 2.30. The van der Waals surface area contributed by atoms with Crippen LogP contribution in [0.1, 0.15) is 17.1 Å². The molecule has 2 rings (SSSR count). The molecular weight excluding hydrogens is 278 g/mol. The van der Waals surface area contributed by atoms with Crippen molar-refractivity contribution in [1.82, 2.24) is 9.55 Å². The number of rotatable bonds is 4. The fourth-order valence-electron chi connectivity index (χ4n) is 1.92. The van der Waals surface area contributed by atoms with Crippen LogP contribution in [-0.2, 0) is 7.05 Å². The molecule has 0 amide bonds. The van der Waals surface area contributed by atoms with Crippen LogP contribution in [0.25, 0.3) is 0 Å². The van der Waals surface area contributed by atoms with E-state index < -0.39 is 8.32 Å². The van der Waals surface area contributed by atoms with Crippen LogP contribution in [-0.4, -0.2) is 24.1 Å². The molecule has 0 fully saturated rings. The molecule has 4 nitrogen and oxygen atoms in total. The van der Waals surface area contributed by atoms with E-state index in [-0.39, 0.29) is 0 Å². The van der Waals surface area contributed by atoms with E-state index in [0.29, 0.717) is 0 Å². The first-order valence-corrected chi connectivity index (χ1v) is 10.5. The summed E-state index contributed by atoms with van der Waals surface area (Å²) in [6.07, 6.45) is 3.75. The maximum Gasteiger partial charge on any atom is 0.242 e. The van der Waals surface area contributed by atoms with Crippen LogP contribution in [0.15, 0.2) is 29.4 Å². The Morgan fingerprint density at radius 2 is 1.95 bits per heavy atom. The highest BCUT2D eigenvalue weighted by Gasteiger charge is 2.18. The molecule has 0 saturated carbocycles. The van der Waals surface area contributed by atoms with Gasteiger partial charge < -0.3 is 8.99 Å². The first-order valence-electron chi connectivity index (χ1n) is 7.08. The highest BCUT2D eigenvalue weighted by molar-refractivity contribution is 6.70. The van der Waals surface area contributed by atoms with Gasteiger partial charge in [-0.05, 0) is 51.2 Å². The number of nitrogens with zero attached hydrogens (tertiary/aromatic N) is 3. The molecule has 0 unspecified atom stereocenters. The summed E-state index contributed by atoms with van der Waals surface area (Å²) < 4.78 is 8.11. The lowest BCUT2D eigenvalue weighted by Gasteiger charge is -2.20. The van der Waals surface area contributed by atoms with E-state index in [2.05, 4.69) is 42.6 Å². The second-order valence-corrected chi connectivity index (χ2v) is 10.7. The third-order valence-electron chi connectivity index (χ3n) is 2.99. The SMILES string of the molecule is Cc1ccc(N=Cc2cn(C)c(C)n2)c(O[Si](C)(C)C)c1. The standard InChI is InChI=1S/C16H23N3OSi/c1-12-7-8-15(16(9-12)20-21(4,5)6)17-10-14-11-19(3)13(2)18-14/h7-11H,1-6H3. The van der Waals surface area contributed by atoms with Crippen molar-refractivity contribution in [3.8, 4) is 5.75 Å². The van der Waals surface area contributed by atoms with Crippen molar-refractivity contribution in [1.29, 1.82) is 0 Å². The fraction of sp³-hybridized carbons (Fsp3) is 0.375. The Labute approximate surface area is 127 Å². The van der Waals surface area contributed by atoms with Gasteiger partial charge in [-0.3, -0.25) is 4.99 Å². The molecule has 1 heterocycles. The van der Waals surface area contributed by atoms with Crippen molar-refractivity contribution >= 4 is 20.2 Å². The van der Waals surface area contributed by atoms with Gasteiger partial charge in [0.25, 0.3) is 0 Å². The molecule has 0 radical (unpaired) electrons. The summed E-state index contributed by atoms with van der Waals surface area (Å²) in [4.78, 5) is 8.98.